The topological polar surface area (TPSA) is 69.4 Å². The Morgan fingerprint density at radius 3 is 2.48 bits per heavy atom. The molecular weight excluding hydrogens is 270 g/mol. The number of non-ortho nitro benzene ring substituents is 1. The zero-order chi connectivity index (χ0) is 14.8. The first-order valence-electron chi connectivity index (χ1n) is 6.36. The van der Waals surface area contributed by atoms with E-state index in [9.17, 15) is 14.9 Å². The third-order valence-corrected chi connectivity index (χ3v) is 3.33. The van der Waals surface area contributed by atoms with E-state index >= 15 is 0 Å². The van der Waals surface area contributed by atoms with Crippen LogP contribution in [-0.4, -0.2) is 11.2 Å². The van der Waals surface area contributed by atoms with Gasteiger partial charge in [0.2, 0.25) is 0 Å². The summed E-state index contributed by atoms with van der Waals surface area (Å²) in [7, 11) is 0. The number of hydrogen-bond acceptors (Lipinski definition) is 4. The largest absolute Gasteiger partial charge is 0.480 e. The quantitative estimate of drug-likeness (QED) is 0.491. The fraction of sp³-hybridized carbons (Fsp3) is 0.0625. The van der Waals surface area contributed by atoms with Crippen LogP contribution in [0.15, 0.2) is 54.1 Å². The van der Waals surface area contributed by atoms with Crippen molar-refractivity contribution in [2.24, 2.45) is 0 Å². The molecule has 0 aromatic heterocycles. The van der Waals surface area contributed by atoms with Crippen molar-refractivity contribution in [3.8, 4) is 5.75 Å². The zero-order valence-corrected chi connectivity index (χ0v) is 10.9. The third kappa shape index (κ3) is 2.41. The standard InChI is InChI=1S/C16H11NO4/c18-10-13-9-12-3-1-2-4-15(12)21-16(13)11-5-7-14(8-6-11)17(19)20/h1-10,16H/t16-/m1/s1. The summed E-state index contributed by atoms with van der Waals surface area (Å²) < 4.78 is 5.85. The van der Waals surface area contributed by atoms with Gasteiger partial charge in [0.25, 0.3) is 5.69 Å². The van der Waals surface area contributed by atoms with Gasteiger partial charge in [-0.25, -0.2) is 0 Å². The number of nitro groups is 1. The van der Waals surface area contributed by atoms with Gasteiger partial charge in [0.05, 0.1) is 4.92 Å². The van der Waals surface area contributed by atoms with E-state index in [2.05, 4.69) is 0 Å². The highest BCUT2D eigenvalue weighted by atomic mass is 16.6. The molecule has 0 spiro atoms. The number of nitrogens with zero attached hydrogens (tertiary/aromatic N) is 1. The van der Waals surface area contributed by atoms with Gasteiger partial charge in [0, 0.05) is 23.3 Å². The number of rotatable bonds is 3. The van der Waals surface area contributed by atoms with Crippen LogP contribution in [0.4, 0.5) is 5.69 Å². The Balaban J connectivity index is 1.99. The second kappa shape index (κ2) is 5.20. The number of benzene rings is 2. The molecule has 1 aliphatic rings. The molecule has 2 aromatic carbocycles. The number of carbonyl (C=O) groups excluding carboxylic acids is 1. The Bertz CT molecular complexity index is 734. The molecule has 0 amide bonds. The minimum atomic E-state index is -0.543. The molecule has 2 aromatic rings. The average molecular weight is 281 g/mol. The van der Waals surface area contributed by atoms with Gasteiger partial charge in [-0.15, -0.1) is 0 Å². The van der Waals surface area contributed by atoms with Crippen LogP contribution in [-0.2, 0) is 4.79 Å². The molecule has 1 aliphatic heterocycles. The lowest BCUT2D eigenvalue weighted by Gasteiger charge is -2.25. The maximum atomic E-state index is 11.3. The van der Waals surface area contributed by atoms with Crippen LogP contribution in [0.2, 0.25) is 0 Å². The molecule has 0 radical (unpaired) electrons. The van der Waals surface area contributed by atoms with Gasteiger partial charge in [-0.3, -0.25) is 14.9 Å². The number of nitro benzene ring substituents is 1. The monoisotopic (exact) mass is 281 g/mol. The van der Waals surface area contributed by atoms with E-state index in [1.807, 2.05) is 24.3 Å². The minimum absolute atomic E-state index is 0.00610. The van der Waals surface area contributed by atoms with Crippen molar-refractivity contribution in [1.82, 2.24) is 0 Å². The molecule has 0 fully saturated rings. The Morgan fingerprint density at radius 1 is 1.10 bits per heavy atom. The van der Waals surface area contributed by atoms with E-state index in [0.717, 1.165) is 11.8 Å². The summed E-state index contributed by atoms with van der Waals surface area (Å²) in [4.78, 5) is 21.5. The summed E-state index contributed by atoms with van der Waals surface area (Å²) in [6, 6.07) is 13.4. The SMILES string of the molecule is O=CC1=Cc2ccccc2O[C@@H]1c1ccc([N+](=O)[O-])cc1. The lowest BCUT2D eigenvalue weighted by atomic mass is 9.97. The maximum Gasteiger partial charge on any atom is 0.269 e. The Morgan fingerprint density at radius 2 is 1.81 bits per heavy atom. The van der Waals surface area contributed by atoms with E-state index in [0.29, 0.717) is 16.9 Å². The molecule has 0 unspecified atom stereocenters. The number of ether oxygens (including phenoxy) is 1. The molecular formula is C16H11NO4. The van der Waals surface area contributed by atoms with Gasteiger partial charge in [0.15, 0.2) is 6.10 Å². The second-order valence-corrected chi connectivity index (χ2v) is 4.65. The number of carbonyl (C=O) groups is 1. The van der Waals surface area contributed by atoms with Crippen LogP contribution in [0.3, 0.4) is 0 Å². The highest BCUT2D eigenvalue weighted by molar-refractivity contribution is 5.85. The molecule has 0 aliphatic carbocycles. The summed E-state index contributed by atoms with van der Waals surface area (Å²) in [5.41, 5.74) is 2.04. The molecule has 0 saturated carbocycles. The van der Waals surface area contributed by atoms with Crippen molar-refractivity contribution < 1.29 is 14.5 Å². The fourth-order valence-electron chi connectivity index (χ4n) is 2.28. The summed E-state index contributed by atoms with van der Waals surface area (Å²) in [6.45, 7) is 0. The lowest BCUT2D eigenvalue weighted by Crippen LogP contribution is -2.15. The van der Waals surface area contributed by atoms with Gasteiger partial charge in [-0.2, -0.15) is 0 Å². The molecule has 5 nitrogen and oxygen atoms in total. The molecule has 104 valence electrons. The van der Waals surface area contributed by atoms with Crippen molar-refractivity contribution in [2.45, 2.75) is 6.10 Å². The summed E-state index contributed by atoms with van der Waals surface area (Å²) in [6.07, 6.45) is 1.98. The van der Waals surface area contributed by atoms with Gasteiger partial charge < -0.3 is 4.74 Å². The van der Waals surface area contributed by atoms with Crippen molar-refractivity contribution >= 4 is 18.0 Å². The van der Waals surface area contributed by atoms with E-state index < -0.39 is 11.0 Å². The number of para-hydroxylation sites is 1. The third-order valence-electron chi connectivity index (χ3n) is 3.33. The zero-order valence-electron chi connectivity index (χ0n) is 10.9. The normalized spacial score (nSPS) is 16.4. The van der Waals surface area contributed by atoms with E-state index in [1.54, 1.807) is 18.2 Å². The first-order chi connectivity index (χ1) is 10.2. The van der Waals surface area contributed by atoms with Crippen molar-refractivity contribution in [2.75, 3.05) is 0 Å². The van der Waals surface area contributed by atoms with Crippen LogP contribution in [0.1, 0.15) is 17.2 Å². The molecule has 0 bridgehead atoms. The molecule has 21 heavy (non-hydrogen) atoms. The highest BCUT2D eigenvalue weighted by Crippen LogP contribution is 2.36. The van der Waals surface area contributed by atoms with Crippen LogP contribution >= 0.6 is 0 Å². The number of aldehydes is 1. The Kier molecular flexibility index (Phi) is 3.23. The Labute approximate surface area is 120 Å². The first kappa shape index (κ1) is 13.1. The van der Waals surface area contributed by atoms with Gasteiger partial charge in [-0.05, 0) is 29.8 Å². The van der Waals surface area contributed by atoms with Crippen molar-refractivity contribution in [3.63, 3.8) is 0 Å². The number of hydrogen-bond donors (Lipinski definition) is 0. The van der Waals surface area contributed by atoms with Gasteiger partial charge in [0.1, 0.15) is 12.0 Å². The fourth-order valence-corrected chi connectivity index (χ4v) is 2.28. The lowest BCUT2D eigenvalue weighted by molar-refractivity contribution is -0.384. The van der Waals surface area contributed by atoms with Crippen LogP contribution in [0, 0.1) is 10.1 Å². The second-order valence-electron chi connectivity index (χ2n) is 4.65. The predicted octanol–water partition coefficient (Wildman–Crippen LogP) is 3.31. The molecule has 3 rings (SSSR count). The molecule has 5 heteroatoms. The van der Waals surface area contributed by atoms with Gasteiger partial charge >= 0.3 is 0 Å². The smallest absolute Gasteiger partial charge is 0.269 e. The maximum absolute atomic E-state index is 11.3. The summed E-state index contributed by atoms with van der Waals surface area (Å²) in [5.74, 6) is 0.687. The number of fused-ring (bicyclic) bond motifs is 1. The highest BCUT2D eigenvalue weighted by Gasteiger charge is 2.24. The summed E-state index contributed by atoms with van der Waals surface area (Å²) >= 11 is 0. The first-order valence-corrected chi connectivity index (χ1v) is 6.36. The van der Waals surface area contributed by atoms with Crippen LogP contribution in [0.5, 0.6) is 5.75 Å². The average Bonchev–Trinajstić information content (AvgIpc) is 2.53. The molecule has 1 atom stereocenters. The van der Waals surface area contributed by atoms with Crippen molar-refractivity contribution in [1.29, 1.82) is 0 Å². The van der Waals surface area contributed by atoms with E-state index in [1.165, 1.54) is 12.1 Å². The van der Waals surface area contributed by atoms with Crippen LogP contribution in [0.25, 0.3) is 6.08 Å². The Hall–Kier alpha value is -2.95. The van der Waals surface area contributed by atoms with E-state index in [4.69, 9.17) is 4.74 Å². The minimum Gasteiger partial charge on any atom is -0.480 e. The van der Waals surface area contributed by atoms with Gasteiger partial charge in [-0.1, -0.05) is 18.2 Å². The summed E-state index contributed by atoms with van der Waals surface area (Å²) in [5, 5.41) is 10.7. The molecule has 0 N–H and O–H groups in total. The molecule has 1 heterocycles. The van der Waals surface area contributed by atoms with Crippen LogP contribution < -0.4 is 4.74 Å². The van der Waals surface area contributed by atoms with E-state index in [-0.39, 0.29) is 5.69 Å². The van der Waals surface area contributed by atoms with Crippen molar-refractivity contribution in [3.05, 3.63) is 75.3 Å². The predicted molar refractivity (Wildman–Crippen MR) is 76.9 cm³/mol. The molecule has 0 saturated heterocycles.